The normalized spacial score (nSPS) is 32.2. The Labute approximate surface area is 215 Å². The van der Waals surface area contributed by atoms with Crippen LogP contribution >= 0.6 is 0 Å². The van der Waals surface area contributed by atoms with Crippen LogP contribution in [0.2, 0.25) is 0 Å². The molecule has 0 spiro atoms. The maximum absolute atomic E-state index is 15.2. The van der Waals surface area contributed by atoms with E-state index < -0.39 is 0 Å². The zero-order valence-corrected chi connectivity index (χ0v) is 22.9. The molecule has 196 valence electrons. The molecule has 2 aliphatic carbocycles. The molecule has 1 nitrogen and oxygen atoms in total. The first-order valence-electron chi connectivity index (χ1n) is 15.2. The number of allylic oxidation sites excluding steroid dienone is 1. The molecule has 1 aromatic rings. The smallest absolute Gasteiger partial charge is 0.132 e. The van der Waals surface area contributed by atoms with Gasteiger partial charge in [0.15, 0.2) is 0 Å². The van der Waals surface area contributed by atoms with Crippen molar-refractivity contribution >= 4 is 6.08 Å². The maximum atomic E-state index is 15.2. The van der Waals surface area contributed by atoms with Crippen LogP contribution in [0.1, 0.15) is 133 Å². The molecule has 2 unspecified atom stereocenters. The second kappa shape index (κ2) is 13.4. The maximum Gasteiger partial charge on any atom is 0.132 e. The lowest BCUT2D eigenvalue weighted by atomic mass is 9.68. The molecule has 0 bridgehead atoms. The molecule has 3 aliphatic rings. The lowest BCUT2D eigenvalue weighted by Gasteiger charge is -2.37. The molecule has 1 aliphatic heterocycles. The van der Waals surface area contributed by atoms with Gasteiger partial charge in [0, 0.05) is 5.56 Å². The molecule has 35 heavy (non-hydrogen) atoms. The summed E-state index contributed by atoms with van der Waals surface area (Å²) in [7, 11) is 0. The van der Waals surface area contributed by atoms with Crippen LogP contribution in [0.3, 0.4) is 0 Å². The molecule has 2 atom stereocenters. The van der Waals surface area contributed by atoms with Crippen LogP contribution in [-0.2, 0) is 4.74 Å². The fourth-order valence-corrected chi connectivity index (χ4v) is 7.20. The summed E-state index contributed by atoms with van der Waals surface area (Å²) in [6.07, 6.45) is 24.8. The molecular formula is C33H51FO. The number of hydrogen-bond acceptors (Lipinski definition) is 1. The van der Waals surface area contributed by atoms with Crippen LogP contribution in [0, 0.1) is 42.3 Å². The minimum absolute atomic E-state index is 0.0545. The van der Waals surface area contributed by atoms with Crippen molar-refractivity contribution in [2.24, 2.45) is 29.6 Å². The summed E-state index contributed by atoms with van der Waals surface area (Å²) in [4.78, 5) is 0. The van der Waals surface area contributed by atoms with Crippen LogP contribution in [-0.4, -0.2) is 6.61 Å². The second-order valence-corrected chi connectivity index (χ2v) is 12.2. The predicted octanol–water partition coefficient (Wildman–Crippen LogP) is 10.2. The Hall–Kier alpha value is -1.15. The van der Waals surface area contributed by atoms with Gasteiger partial charge in [-0.2, -0.15) is 0 Å². The summed E-state index contributed by atoms with van der Waals surface area (Å²) in [5.41, 5.74) is 2.58. The monoisotopic (exact) mass is 482 g/mol. The van der Waals surface area contributed by atoms with Gasteiger partial charge in [0.1, 0.15) is 5.82 Å². The van der Waals surface area contributed by atoms with Crippen molar-refractivity contribution in [1.29, 1.82) is 0 Å². The molecule has 1 saturated heterocycles. The molecule has 0 N–H and O–H groups in total. The van der Waals surface area contributed by atoms with Gasteiger partial charge in [-0.25, -0.2) is 4.39 Å². The van der Waals surface area contributed by atoms with E-state index in [1.807, 2.05) is 13.0 Å². The van der Waals surface area contributed by atoms with Crippen LogP contribution in [0.4, 0.5) is 4.39 Å². The van der Waals surface area contributed by atoms with E-state index in [-0.39, 0.29) is 11.9 Å². The molecule has 2 saturated carbocycles. The molecule has 4 rings (SSSR count). The third-order valence-electron chi connectivity index (χ3n) is 9.89. The van der Waals surface area contributed by atoms with E-state index in [0.29, 0.717) is 11.8 Å². The first-order chi connectivity index (χ1) is 17.1. The Morgan fingerprint density at radius 1 is 0.857 bits per heavy atom. The summed E-state index contributed by atoms with van der Waals surface area (Å²) < 4.78 is 21.3. The van der Waals surface area contributed by atoms with E-state index in [1.54, 1.807) is 0 Å². The Bertz CT molecular complexity index is 790. The number of unbranched alkanes of at least 4 members (excludes halogenated alkanes) is 2. The Morgan fingerprint density at radius 3 is 2.17 bits per heavy atom. The van der Waals surface area contributed by atoms with Gasteiger partial charge in [-0.15, -0.1) is 0 Å². The van der Waals surface area contributed by atoms with Crippen molar-refractivity contribution in [3.63, 3.8) is 0 Å². The zero-order chi connectivity index (χ0) is 24.6. The van der Waals surface area contributed by atoms with E-state index >= 15 is 4.39 Å². The highest BCUT2D eigenvalue weighted by Gasteiger charge is 2.30. The van der Waals surface area contributed by atoms with Gasteiger partial charge < -0.3 is 4.74 Å². The van der Waals surface area contributed by atoms with E-state index in [1.165, 1.54) is 77.0 Å². The average molecular weight is 483 g/mol. The number of hydrogen-bond donors (Lipinski definition) is 0. The molecule has 3 fully saturated rings. The largest absolute Gasteiger partial charge is 0.373 e. The first kappa shape index (κ1) is 26.9. The topological polar surface area (TPSA) is 9.23 Å². The molecule has 2 heteroatoms. The molecule has 0 radical (unpaired) electrons. The van der Waals surface area contributed by atoms with Gasteiger partial charge in [-0.1, -0.05) is 83.1 Å². The minimum atomic E-state index is -0.0729. The van der Waals surface area contributed by atoms with Gasteiger partial charge in [-0.3, -0.25) is 0 Å². The number of benzene rings is 1. The van der Waals surface area contributed by atoms with Crippen LogP contribution in [0.25, 0.3) is 6.08 Å². The Kier molecular flexibility index (Phi) is 10.3. The third kappa shape index (κ3) is 7.21. The second-order valence-electron chi connectivity index (χ2n) is 12.2. The fraction of sp³-hybridized carbons (Fsp3) is 0.758. The third-order valence-corrected chi connectivity index (χ3v) is 9.89. The van der Waals surface area contributed by atoms with E-state index in [2.05, 4.69) is 32.1 Å². The van der Waals surface area contributed by atoms with E-state index in [0.717, 1.165) is 60.3 Å². The molecule has 0 amide bonds. The summed E-state index contributed by atoms with van der Waals surface area (Å²) in [6.45, 7) is 7.23. The van der Waals surface area contributed by atoms with Gasteiger partial charge in [0.05, 0.1) is 12.7 Å². The van der Waals surface area contributed by atoms with Crippen molar-refractivity contribution in [2.45, 2.75) is 123 Å². The van der Waals surface area contributed by atoms with Gasteiger partial charge in [-0.05, 0) is 99.0 Å². The van der Waals surface area contributed by atoms with Crippen LogP contribution in [0.5, 0.6) is 0 Å². The van der Waals surface area contributed by atoms with Crippen molar-refractivity contribution in [3.8, 4) is 0 Å². The SMILES string of the molecule is CCCCCC1CCC(C2CCC(/C=C/c3ccc(C4CCC(CC)CO4)c(F)c3C)CC2)CC1. The highest BCUT2D eigenvalue weighted by atomic mass is 19.1. The average Bonchev–Trinajstić information content (AvgIpc) is 2.90. The number of ether oxygens (including phenoxy) is 1. The predicted molar refractivity (Wildman–Crippen MR) is 147 cm³/mol. The molecule has 1 aromatic carbocycles. The molecule has 0 aromatic heterocycles. The van der Waals surface area contributed by atoms with Crippen molar-refractivity contribution < 1.29 is 9.13 Å². The summed E-state index contributed by atoms with van der Waals surface area (Å²) >= 11 is 0. The fourth-order valence-electron chi connectivity index (χ4n) is 7.20. The number of rotatable bonds is 9. The van der Waals surface area contributed by atoms with E-state index in [9.17, 15) is 0 Å². The lowest BCUT2D eigenvalue weighted by molar-refractivity contribution is -0.0198. The zero-order valence-electron chi connectivity index (χ0n) is 22.9. The molecule has 1 heterocycles. The lowest BCUT2D eigenvalue weighted by Crippen LogP contribution is -2.25. The highest BCUT2D eigenvalue weighted by Crippen LogP contribution is 2.43. The molecular weight excluding hydrogens is 431 g/mol. The van der Waals surface area contributed by atoms with Gasteiger partial charge in [0.25, 0.3) is 0 Å². The highest BCUT2D eigenvalue weighted by molar-refractivity contribution is 5.55. The summed E-state index contributed by atoms with van der Waals surface area (Å²) in [5.74, 6) is 4.20. The van der Waals surface area contributed by atoms with E-state index in [4.69, 9.17) is 4.74 Å². The summed E-state index contributed by atoms with van der Waals surface area (Å²) in [6, 6.07) is 4.10. The quantitative estimate of drug-likeness (QED) is 0.318. The standard InChI is InChI=1S/C33H51FO/c1-4-6-7-8-26-10-16-29(17-11-26)30-18-12-27(13-19-30)9-15-28-20-21-31(33(34)24(28)3)32-22-14-25(5-2)23-35-32/h9,15,20-21,25-27,29-30,32H,4-8,10-14,16-19,22-23H2,1-3H3/b15-9+. The Morgan fingerprint density at radius 2 is 1.54 bits per heavy atom. The van der Waals surface area contributed by atoms with Crippen molar-refractivity contribution in [1.82, 2.24) is 0 Å². The van der Waals surface area contributed by atoms with Crippen LogP contribution < -0.4 is 0 Å². The summed E-state index contributed by atoms with van der Waals surface area (Å²) in [5, 5.41) is 0. The first-order valence-corrected chi connectivity index (χ1v) is 15.2. The van der Waals surface area contributed by atoms with Gasteiger partial charge >= 0.3 is 0 Å². The van der Waals surface area contributed by atoms with Crippen LogP contribution in [0.15, 0.2) is 18.2 Å². The van der Waals surface area contributed by atoms with Crippen molar-refractivity contribution in [2.75, 3.05) is 6.61 Å². The number of halogens is 1. The van der Waals surface area contributed by atoms with Gasteiger partial charge in [0.2, 0.25) is 0 Å². The Balaban J connectivity index is 1.24. The van der Waals surface area contributed by atoms with Crippen molar-refractivity contribution in [3.05, 3.63) is 40.7 Å². The minimum Gasteiger partial charge on any atom is -0.373 e.